The van der Waals surface area contributed by atoms with Crippen molar-refractivity contribution >= 4 is 34.9 Å². The summed E-state index contributed by atoms with van der Waals surface area (Å²) in [5.41, 5.74) is 1.88. The Morgan fingerprint density at radius 2 is 1.87 bits per heavy atom. The average Bonchev–Trinajstić information content (AvgIpc) is 2.56. The Hall–Kier alpha value is -2.53. The largest absolute Gasteiger partial charge is 0.338 e. The lowest BCUT2D eigenvalue weighted by atomic mass is 10.2. The van der Waals surface area contributed by atoms with Crippen LogP contribution < -0.4 is 15.5 Å². The molecule has 5 nitrogen and oxygen atoms in total. The minimum atomic E-state index is -0.265. The summed E-state index contributed by atoms with van der Waals surface area (Å²) in [5.74, 6) is -0.265. The van der Waals surface area contributed by atoms with Crippen molar-refractivity contribution in [3.63, 3.8) is 0 Å². The summed E-state index contributed by atoms with van der Waals surface area (Å²) in [6.45, 7) is 1.40. The molecule has 0 spiro atoms. The van der Waals surface area contributed by atoms with E-state index in [4.69, 9.17) is 11.6 Å². The van der Waals surface area contributed by atoms with Crippen LogP contribution in [0.25, 0.3) is 0 Å². The third-order valence-electron chi connectivity index (χ3n) is 3.64. The van der Waals surface area contributed by atoms with Crippen molar-refractivity contribution in [2.45, 2.75) is 6.42 Å². The number of anilines is 2. The van der Waals surface area contributed by atoms with Crippen LogP contribution in [0.3, 0.4) is 0 Å². The normalized spacial score (nSPS) is 14.3. The number of urea groups is 1. The molecule has 2 N–H and O–H groups in total. The van der Waals surface area contributed by atoms with Gasteiger partial charge >= 0.3 is 6.03 Å². The molecule has 2 aromatic rings. The van der Waals surface area contributed by atoms with E-state index in [0.717, 1.165) is 12.1 Å². The van der Waals surface area contributed by atoms with Crippen molar-refractivity contribution in [3.8, 4) is 0 Å². The maximum Gasteiger partial charge on any atom is 0.321 e. The molecule has 1 fully saturated rings. The van der Waals surface area contributed by atoms with Crippen LogP contribution in [0.2, 0.25) is 5.02 Å². The van der Waals surface area contributed by atoms with Gasteiger partial charge < -0.3 is 10.6 Å². The molecule has 0 radical (unpaired) electrons. The Bertz CT molecular complexity index is 731. The van der Waals surface area contributed by atoms with E-state index in [1.165, 1.54) is 0 Å². The van der Waals surface area contributed by atoms with Crippen LogP contribution in [0, 0.1) is 0 Å². The maximum absolute atomic E-state index is 12.2. The second-order valence-electron chi connectivity index (χ2n) is 5.22. The summed E-state index contributed by atoms with van der Waals surface area (Å²) in [6, 6.07) is 14.0. The van der Waals surface area contributed by atoms with Gasteiger partial charge in [-0.05, 0) is 42.8 Å². The summed E-state index contributed by atoms with van der Waals surface area (Å²) in [7, 11) is 0. The van der Waals surface area contributed by atoms with E-state index < -0.39 is 0 Å². The van der Waals surface area contributed by atoms with E-state index in [1.807, 2.05) is 12.1 Å². The maximum atomic E-state index is 12.2. The number of carbonyl (C=O) groups excluding carboxylic acids is 2. The van der Waals surface area contributed by atoms with Gasteiger partial charge in [0.1, 0.15) is 0 Å². The molecule has 2 aromatic carbocycles. The zero-order valence-electron chi connectivity index (χ0n) is 12.4. The standard InChI is InChI=1S/C17H16ClN3O2/c18-15-5-2-1-4-14(15)16(22)20-12-6-8-13(9-7-12)21-11-3-10-19-17(21)23/h1-2,4-9H,3,10-11H2,(H,19,23)(H,20,22). The van der Waals surface area contributed by atoms with E-state index in [9.17, 15) is 9.59 Å². The molecule has 23 heavy (non-hydrogen) atoms. The number of carbonyl (C=O) groups is 2. The van der Waals surface area contributed by atoms with Crippen LogP contribution >= 0.6 is 11.6 Å². The lowest BCUT2D eigenvalue weighted by Gasteiger charge is -2.27. The Morgan fingerprint density at radius 3 is 2.57 bits per heavy atom. The van der Waals surface area contributed by atoms with Crippen LogP contribution in [-0.2, 0) is 0 Å². The van der Waals surface area contributed by atoms with Gasteiger partial charge in [0, 0.05) is 24.5 Å². The zero-order valence-corrected chi connectivity index (χ0v) is 13.1. The minimum Gasteiger partial charge on any atom is -0.338 e. The Morgan fingerprint density at radius 1 is 1.13 bits per heavy atom. The van der Waals surface area contributed by atoms with Crippen molar-refractivity contribution in [2.75, 3.05) is 23.3 Å². The molecule has 0 bridgehead atoms. The molecule has 3 amide bonds. The molecule has 118 valence electrons. The SMILES string of the molecule is O=C(Nc1ccc(N2CCCNC2=O)cc1)c1ccccc1Cl. The molecule has 0 unspecified atom stereocenters. The number of hydrogen-bond acceptors (Lipinski definition) is 2. The summed E-state index contributed by atoms with van der Waals surface area (Å²) in [5, 5.41) is 6.01. The number of nitrogens with zero attached hydrogens (tertiary/aromatic N) is 1. The smallest absolute Gasteiger partial charge is 0.321 e. The van der Waals surface area contributed by atoms with Crippen molar-refractivity contribution < 1.29 is 9.59 Å². The number of benzene rings is 2. The van der Waals surface area contributed by atoms with Crippen LogP contribution in [0.15, 0.2) is 48.5 Å². The number of hydrogen-bond donors (Lipinski definition) is 2. The van der Waals surface area contributed by atoms with E-state index in [1.54, 1.807) is 41.3 Å². The molecule has 0 saturated carbocycles. The lowest BCUT2D eigenvalue weighted by molar-refractivity contribution is 0.102. The minimum absolute atomic E-state index is 0.0934. The molecule has 1 aliphatic rings. The highest BCUT2D eigenvalue weighted by Crippen LogP contribution is 2.21. The van der Waals surface area contributed by atoms with Gasteiger partial charge in [0.25, 0.3) is 5.91 Å². The number of nitrogens with one attached hydrogen (secondary N) is 2. The fraction of sp³-hybridized carbons (Fsp3) is 0.176. The van der Waals surface area contributed by atoms with E-state index in [-0.39, 0.29) is 11.9 Å². The van der Waals surface area contributed by atoms with E-state index >= 15 is 0 Å². The van der Waals surface area contributed by atoms with E-state index in [2.05, 4.69) is 10.6 Å². The molecule has 1 aliphatic heterocycles. The fourth-order valence-corrected chi connectivity index (χ4v) is 2.67. The summed E-state index contributed by atoms with van der Waals surface area (Å²) in [4.78, 5) is 25.7. The highest BCUT2D eigenvalue weighted by atomic mass is 35.5. The van der Waals surface area contributed by atoms with Crippen molar-refractivity contribution in [3.05, 3.63) is 59.1 Å². The highest BCUT2D eigenvalue weighted by Gasteiger charge is 2.19. The highest BCUT2D eigenvalue weighted by molar-refractivity contribution is 6.34. The first-order chi connectivity index (χ1) is 11.1. The first-order valence-electron chi connectivity index (χ1n) is 7.36. The van der Waals surface area contributed by atoms with Gasteiger partial charge in [-0.1, -0.05) is 23.7 Å². The van der Waals surface area contributed by atoms with Gasteiger partial charge in [-0.15, -0.1) is 0 Å². The molecule has 0 aromatic heterocycles. The summed E-state index contributed by atoms with van der Waals surface area (Å²) in [6.07, 6.45) is 0.913. The predicted molar refractivity (Wildman–Crippen MR) is 91.2 cm³/mol. The summed E-state index contributed by atoms with van der Waals surface area (Å²) >= 11 is 6.02. The topological polar surface area (TPSA) is 61.4 Å². The van der Waals surface area contributed by atoms with Gasteiger partial charge in [-0.2, -0.15) is 0 Å². The molecule has 3 rings (SSSR count). The van der Waals surface area contributed by atoms with Crippen LogP contribution in [0.4, 0.5) is 16.2 Å². The molecule has 1 heterocycles. The number of halogens is 1. The second-order valence-corrected chi connectivity index (χ2v) is 5.63. The van der Waals surface area contributed by atoms with Gasteiger partial charge in [0.15, 0.2) is 0 Å². The van der Waals surface area contributed by atoms with Crippen molar-refractivity contribution in [1.29, 1.82) is 0 Å². The molecular weight excluding hydrogens is 314 g/mol. The van der Waals surface area contributed by atoms with Gasteiger partial charge in [-0.3, -0.25) is 9.69 Å². The third kappa shape index (κ3) is 3.46. The molecular formula is C17H16ClN3O2. The second kappa shape index (κ2) is 6.71. The summed E-state index contributed by atoms with van der Waals surface area (Å²) < 4.78 is 0. The number of amides is 3. The molecule has 6 heteroatoms. The van der Waals surface area contributed by atoms with Gasteiger partial charge in [0.05, 0.1) is 10.6 Å². The van der Waals surface area contributed by atoms with Gasteiger partial charge in [-0.25, -0.2) is 4.79 Å². The first-order valence-corrected chi connectivity index (χ1v) is 7.74. The average molecular weight is 330 g/mol. The Labute approximate surface area is 139 Å². The van der Waals surface area contributed by atoms with E-state index in [0.29, 0.717) is 29.4 Å². The van der Waals surface area contributed by atoms with Crippen molar-refractivity contribution in [2.24, 2.45) is 0 Å². The lowest BCUT2D eigenvalue weighted by Crippen LogP contribution is -2.46. The van der Waals surface area contributed by atoms with Crippen LogP contribution in [-0.4, -0.2) is 25.0 Å². The quantitative estimate of drug-likeness (QED) is 0.905. The number of rotatable bonds is 3. The van der Waals surface area contributed by atoms with Gasteiger partial charge in [0.2, 0.25) is 0 Å². The molecule has 0 aliphatic carbocycles. The van der Waals surface area contributed by atoms with Crippen LogP contribution in [0.1, 0.15) is 16.8 Å². The zero-order chi connectivity index (χ0) is 16.2. The Kier molecular flexibility index (Phi) is 4.48. The Balaban J connectivity index is 1.71. The van der Waals surface area contributed by atoms with Crippen molar-refractivity contribution in [1.82, 2.24) is 5.32 Å². The first kappa shape index (κ1) is 15.4. The van der Waals surface area contributed by atoms with Crippen LogP contribution in [0.5, 0.6) is 0 Å². The monoisotopic (exact) mass is 329 g/mol. The molecule has 1 saturated heterocycles. The fourth-order valence-electron chi connectivity index (χ4n) is 2.44. The molecule has 0 atom stereocenters. The predicted octanol–water partition coefficient (Wildman–Crippen LogP) is 3.51. The third-order valence-corrected chi connectivity index (χ3v) is 3.96.